The summed E-state index contributed by atoms with van der Waals surface area (Å²) in [5, 5.41) is 22.0. The minimum atomic E-state index is -1.28. The van der Waals surface area contributed by atoms with E-state index in [0.717, 1.165) is 0 Å². The quantitative estimate of drug-likeness (QED) is 0.716. The van der Waals surface area contributed by atoms with Crippen molar-refractivity contribution in [1.82, 2.24) is 25.4 Å². The molecule has 0 fully saturated rings. The van der Waals surface area contributed by atoms with Gasteiger partial charge in [0.2, 0.25) is 0 Å². The topological polar surface area (TPSA) is 109 Å². The maximum atomic E-state index is 11.9. The van der Waals surface area contributed by atoms with Crippen LogP contribution in [0, 0.1) is 0 Å². The Bertz CT molecular complexity index is 487. The molecular formula is C12H21N5O3. The van der Waals surface area contributed by atoms with Crippen LogP contribution < -0.4 is 10.6 Å². The van der Waals surface area contributed by atoms with Gasteiger partial charge in [0.1, 0.15) is 11.9 Å². The number of carboxylic acid groups (broad SMARTS) is 1. The first kappa shape index (κ1) is 15.9. The Labute approximate surface area is 117 Å². The number of nitrogens with zero attached hydrogens (tertiary/aromatic N) is 3. The Morgan fingerprint density at radius 2 is 2.20 bits per heavy atom. The maximum Gasteiger partial charge on any atom is 0.329 e. The van der Waals surface area contributed by atoms with E-state index in [1.54, 1.807) is 18.5 Å². The summed E-state index contributed by atoms with van der Waals surface area (Å²) in [7, 11) is 1.77. The molecule has 3 N–H and O–H groups in total. The van der Waals surface area contributed by atoms with E-state index in [0.29, 0.717) is 18.7 Å². The minimum absolute atomic E-state index is 0.355. The third-order valence-corrected chi connectivity index (χ3v) is 3.09. The molecule has 112 valence electrons. The third kappa shape index (κ3) is 3.69. The van der Waals surface area contributed by atoms with Gasteiger partial charge in [-0.05, 0) is 20.3 Å². The minimum Gasteiger partial charge on any atom is -0.480 e. The predicted molar refractivity (Wildman–Crippen MR) is 72.0 cm³/mol. The van der Waals surface area contributed by atoms with Crippen LogP contribution in [-0.4, -0.2) is 37.4 Å². The predicted octanol–water partition coefficient (Wildman–Crippen LogP) is 0.819. The van der Waals surface area contributed by atoms with Crippen LogP contribution in [0.4, 0.5) is 4.79 Å². The number of rotatable bonds is 6. The number of amides is 2. The summed E-state index contributed by atoms with van der Waals surface area (Å²) < 4.78 is 1.69. The van der Waals surface area contributed by atoms with Crippen LogP contribution in [0.3, 0.4) is 0 Å². The number of aromatic nitrogens is 3. The average molecular weight is 283 g/mol. The SMILES string of the molecule is CCCC(C)(NC(=O)NC(C)c1nncn1C)C(=O)O. The lowest BCUT2D eigenvalue weighted by Gasteiger charge is -2.26. The van der Waals surface area contributed by atoms with Gasteiger partial charge in [0.25, 0.3) is 0 Å². The van der Waals surface area contributed by atoms with Crippen molar-refractivity contribution in [3.8, 4) is 0 Å². The van der Waals surface area contributed by atoms with E-state index in [9.17, 15) is 14.7 Å². The number of urea groups is 1. The highest BCUT2D eigenvalue weighted by molar-refractivity contribution is 5.85. The number of carbonyl (C=O) groups is 2. The van der Waals surface area contributed by atoms with Gasteiger partial charge in [0, 0.05) is 7.05 Å². The molecule has 0 radical (unpaired) electrons. The van der Waals surface area contributed by atoms with Gasteiger partial charge in [-0.3, -0.25) is 0 Å². The van der Waals surface area contributed by atoms with Gasteiger partial charge in [-0.1, -0.05) is 13.3 Å². The summed E-state index contributed by atoms with van der Waals surface area (Å²) in [5.74, 6) is -0.464. The number of carbonyl (C=O) groups excluding carboxylic acids is 1. The lowest BCUT2D eigenvalue weighted by atomic mass is 9.97. The average Bonchev–Trinajstić information content (AvgIpc) is 2.75. The smallest absolute Gasteiger partial charge is 0.329 e. The van der Waals surface area contributed by atoms with Crippen LogP contribution in [-0.2, 0) is 11.8 Å². The van der Waals surface area contributed by atoms with E-state index in [1.165, 1.54) is 13.3 Å². The summed E-state index contributed by atoms with van der Waals surface area (Å²) in [6.45, 7) is 5.11. The summed E-state index contributed by atoms with van der Waals surface area (Å²) in [6.07, 6.45) is 2.54. The fraction of sp³-hybridized carbons (Fsp3) is 0.667. The first-order chi connectivity index (χ1) is 9.30. The zero-order chi connectivity index (χ0) is 15.3. The summed E-state index contributed by atoms with van der Waals surface area (Å²) in [6, 6.07) is -0.916. The van der Waals surface area contributed by atoms with Crippen molar-refractivity contribution in [3.63, 3.8) is 0 Å². The van der Waals surface area contributed by atoms with Crippen molar-refractivity contribution in [2.75, 3.05) is 0 Å². The second kappa shape index (κ2) is 6.36. The van der Waals surface area contributed by atoms with Gasteiger partial charge in [0.15, 0.2) is 5.82 Å². The van der Waals surface area contributed by atoms with E-state index in [2.05, 4.69) is 20.8 Å². The summed E-state index contributed by atoms with van der Waals surface area (Å²) in [5.41, 5.74) is -1.28. The standard InChI is InChI=1S/C12H21N5O3/c1-5-6-12(3,10(18)19)15-11(20)14-8(2)9-16-13-7-17(9)4/h7-8H,5-6H2,1-4H3,(H,18,19)(H2,14,15,20). The Kier molecular flexibility index (Phi) is 5.06. The fourth-order valence-electron chi connectivity index (χ4n) is 1.95. The molecule has 0 saturated heterocycles. The highest BCUT2D eigenvalue weighted by atomic mass is 16.4. The molecule has 0 bridgehead atoms. The van der Waals surface area contributed by atoms with Gasteiger partial charge < -0.3 is 20.3 Å². The maximum absolute atomic E-state index is 11.9. The monoisotopic (exact) mass is 283 g/mol. The molecule has 8 heteroatoms. The Morgan fingerprint density at radius 1 is 1.55 bits per heavy atom. The van der Waals surface area contributed by atoms with Gasteiger partial charge in [-0.15, -0.1) is 10.2 Å². The Morgan fingerprint density at radius 3 is 2.65 bits per heavy atom. The van der Waals surface area contributed by atoms with Crippen LogP contribution in [0.25, 0.3) is 0 Å². The van der Waals surface area contributed by atoms with Crippen molar-refractivity contribution in [2.24, 2.45) is 7.05 Å². The van der Waals surface area contributed by atoms with Gasteiger partial charge in [-0.2, -0.15) is 0 Å². The molecule has 0 aromatic carbocycles. The van der Waals surface area contributed by atoms with Crippen molar-refractivity contribution >= 4 is 12.0 Å². The van der Waals surface area contributed by atoms with E-state index < -0.39 is 17.5 Å². The largest absolute Gasteiger partial charge is 0.480 e. The van der Waals surface area contributed by atoms with E-state index in [4.69, 9.17) is 0 Å². The zero-order valence-electron chi connectivity index (χ0n) is 12.2. The molecule has 1 aromatic rings. The van der Waals surface area contributed by atoms with Crippen molar-refractivity contribution < 1.29 is 14.7 Å². The molecule has 8 nitrogen and oxygen atoms in total. The number of hydrogen-bond acceptors (Lipinski definition) is 4. The molecule has 0 aliphatic rings. The van der Waals surface area contributed by atoms with Crippen LogP contribution in [0.2, 0.25) is 0 Å². The van der Waals surface area contributed by atoms with Crippen molar-refractivity contribution in [3.05, 3.63) is 12.2 Å². The second-order valence-corrected chi connectivity index (χ2v) is 5.01. The summed E-state index contributed by atoms with van der Waals surface area (Å²) >= 11 is 0. The Hall–Kier alpha value is -2.12. The van der Waals surface area contributed by atoms with Crippen LogP contribution in [0.1, 0.15) is 45.5 Å². The normalized spacial score (nSPS) is 15.2. The number of nitrogens with one attached hydrogen (secondary N) is 2. The van der Waals surface area contributed by atoms with Gasteiger partial charge in [-0.25, -0.2) is 9.59 Å². The van der Waals surface area contributed by atoms with E-state index >= 15 is 0 Å². The molecule has 1 heterocycles. The zero-order valence-corrected chi connectivity index (χ0v) is 12.2. The molecule has 1 aromatic heterocycles. The molecule has 1 rings (SSSR count). The van der Waals surface area contributed by atoms with Crippen molar-refractivity contribution in [1.29, 1.82) is 0 Å². The van der Waals surface area contributed by atoms with E-state index in [-0.39, 0.29) is 6.04 Å². The third-order valence-electron chi connectivity index (χ3n) is 3.09. The Balaban J connectivity index is 2.67. The van der Waals surface area contributed by atoms with Crippen LogP contribution >= 0.6 is 0 Å². The highest BCUT2D eigenvalue weighted by Gasteiger charge is 2.34. The van der Waals surface area contributed by atoms with Crippen LogP contribution in [0.5, 0.6) is 0 Å². The molecular weight excluding hydrogens is 262 g/mol. The molecule has 0 spiro atoms. The first-order valence-electron chi connectivity index (χ1n) is 6.46. The molecule has 2 unspecified atom stereocenters. The lowest BCUT2D eigenvalue weighted by molar-refractivity contribution is -0.144. The van der Waals surface area contributed by atoms with E-state index in [1.807, 2.05) is 6.92 Å². The molecule has 2 amide bonds. The first-order valence-corrected chi connectivity index (χ1v) is 6.46. The molecule has 20 heavy (non-hydrogen) atoms. The molecule has 0 saturated carbocycles. The number of aliphatic carboxylic acids is 1. The fourth-order valence-corrected chi connectivity index (χ4v) is 1.95. The van der Waals surface area contributed by atoms with Gasteiger partial charge >= 0.3 is 12.0 Å². The summed E-state index contributed by atoms with van der Waals surface area (Å²) in [4.78, 5) is 23.2. The molecule has 2 atom stereocenters. The molecule has 0 aliphatic carbocycles. The lowest BCUT2D eigenvalue weighted by Crippen LogP contribution is -2.55. The second-order valence-electron chi connectivity index (χ2n) is 5.01. The number of carboxylic acids is 1. The van der Waals surface area contributed by atoms with Crippen LogP contribution in [0.15, 0.2) is 6.33 Å². The van der Waals surface area contributed by atoms with Crippen molar-refractivity contribution in [2.45, 2.75) is 45.2 Å². The highest BCUT2D eigenvalue weighted by Crippen LogP contribution is 2.13. The number of hydrogen-bond donors (Lipinski definition) is 3. The molecule has 0 aliphatic heterocycles. The van der Waals surface area contributed by atoms with Gasteiger partial charge in [0.05, 0.1) is 6.04 Å². The number of aryl methyl sites for hydroxylation is 1.